The molecule has 1 amide bonds. The first-order valence-corrected chi connectivity index (χ1v) is 10.5. The number of benzene rings is 3. The first-order valence-electron chi connectivity index (χ1n) is 10.5. The van der Waals surface area contributed by atoms with Crippen molar-refractivity contribution in [2.75, 3.05) is 12.4 Å². The molecule has 172 valence electrons. The topological polar surface area (TPSA) is 123 Å². The number of carbonyl (C=O) groups excluding carboxylic acids is 1. The summed E-state index contributed by atoms with van der Waals surface area (Å²) in [4.78, 5) is 23.5. The van der Waals surface area contributed by atoms with Crippen LogP contribution in [0.25, 0.3) is 23.0 Å². The molecule has 0 aliphatic carbocycles. The molecule has 0 radical (unpaired) electrons. The van der Waals surface area contributed by atoms with Gasteiger partial charge >= 0.3 is 0 Å². The lowest BCUT2D eigenvalue weighted by atomic mass is 10.1. The van der Waals surface area contributed by atoms with Crippen LogP contribution in [-0.4, -0.2) is 27.7 Å². The van der Waals surface area contributed by atoms with E-state index in [4.69, 9.17) is 4.74 Å². The molecule has 9 nitrogen and oxygen atoms in total. The van der Waals surface area contributed by atoms with Crippen LogP contribution in [-0.2, 0) is 4.79 Å². The van der Waals surface area contributed by atoms with Crippen molar-refractivity contribution >= 4 is 23.4 Å². The van der Waals surface area contributed by atoms with Crippen LogP contribution in [0, 0.1) is 21.4 Å². The Bertz CT molecular complexity index is 1450. The van der Waals surface area contributed by atoms with Crippen LogP contribution >= 0.6 is 0 Å². The number of hydrogen-bond donors (Lipinski definition) is 1. The van der Waals surface area contributed by atoms with Gasteiger partial charge in [0, 0.05) is 29.5 Å². The van der Waals surface area contributed by atoms with Gasteiger partial charge < -0.3 is 10.1 Å². The van der Waals surface area contributed by atoms with Gasteiger partial charge in [-0.1, -0.05) is 30.3 Å². The predicted molar refractivity (Wildman–Crippen MR) is 131 cm³/mol. The maximum absolute atomic E-state index is 12.9. The van der Waals surface area contributed by atoms with Gasteiger partial charge in [-0.3, -0.25) is 14.9 Å². The third kappa shape index (κ3) is 5.07. The van der Waals surface area contributed by atoms with Crippen molar-refractivity contribution in [3.63, 3.8) is 0 Å². The number of non-ortho nitro benzene ring substituents is 1. The lowest BCUT2D eigenvalue weighted by Gasteiger charge is -2.09. The molecule has 0 fully saturated rings. The van der Waals surface area contributed by atoms with Crippen molar-refractivity contribution in [1.29, 1.82) is 5.26 Å². The standard InChI is InChI=1S/C26H19N5O4/c1-35-24-10-6-5-9-23(24)28-26(32)19(16-27)15-20-17-30(21-7-3-2-4-8-21)29-25(20)18-11-13-22(14-12-18)31(33)34/h2-15,17H,1H3,(H,28,32)/b19-15+. The highest BCUT2D eigenvalue weighted by Crippen LogP contribution is 2.28. The number of para-hydroxylation sites is 3. The third-order valence-electron chi connectivity index (χ3n) is 5.13. The van der Waals surface area contributed by atoms with E-state index in [-0.39, 0.29) is 11.3 Å². The lowest BCUT2D eigenvalue weighted by Crippen LogP contribution is -2.14. The molecule has 0 unspecified atom stereocenters. The Morgan fingerprint density at radius 3 is 2.43 bits per heavy atom. The molecule has 9 heteroatoms. The molecule has 3 aromatic carbocycles. The first kappa shape index (κ1) is 22.9. The summed E-state index contributed by atoms with van der Waals surface area (Å²) < 4.78 is 6.88. The summed E-state index contributed by atoms with van der Waals surface area (Å²) in [6.07, 6.45) is 3.13. The zero-order chi connectivity index (χ0) is 24.8. The van der Waals surface area contributed by atoms with E-state index in [2.05, 4.69) is 10.4 Å². The molecule has 1 heterocycles. The highest BCUT2D eigenvalue weighted by Gasteiger charge is 2.17. The molecular weight excluding hydrogens is 446 g/mol. The summed E-state index contributed by atoms with van der Waals surface area (Å²) in [5.41, 5.74) is 2.55. The maximum atomic E-state index is 12.9. The fourth-order valence-electron chi connectivity index (χ4n) is 3.41. The molecule has 0 spiro atoms. The Kier molecular flexibility index (Phi) is 6.65. The highest BCUT2D eigenvalue weighted by atomic mass is 16.6. The van der Waals surface area contributed by atoms with Crippen LogP contribution in [0.1, 0.15) is 5.56 Å². The Morgan fingerprint density at radius 1 is 1.09 bits per heavy atom. The number of methoxy groups -OCH3 is 1. The Balaban J connectivity index is 1.76. The summed E-state index contributed by atoms with van der Waals surface area (Å²) in [5.74, 6) is -0.152. The summed E-state index contributed by atoms with van der Waals surface area (Å²) in [5, 5.41) is 28.1. The Morgan fingerprint density at radius 2 is 1.77 bits per heavy atom. The second kappa shape index (κ2) is 10.1. The average Bonchev–Trinajstić information content (AvgIpc) is 3.32. The van der Waals surface area contributed by atoms with E-state index < -0.39 is 10.8 Å². The first-order chi connectivity index (χ1) is 17.0. The number of ether oxygens (including phenoxy) is 1. The van der Waals surface area contributed by atoms with Crippen molar-refractivity contribution in [3.05, 3.63) is 106 Å². The molecule has 0 aliphatic heterocycles. The van der Waals surface area contributed by atoms with Crippen molar-refractivity contribution in [1.82, 2.24) is 9.78 Å². The van der Waals surface area contributed by atoms with Crippen LogP contribution < -0.4 is 10.1 Å². The smallest absolute Gasteiger partial charge is 0.269 e. The van der Waals surface area contributed by atoms with Crippen LogP contribution in [0.2, 0.25) is 0 Å². The van der Waals surface area contributed by atoms with Crippen molar-refractivity contribution in [2.24, 2.45) is 0 Å². The summed E-state index contributed by atoms with van der Waals surface area (Å²) in [7, 11) is 1.49. The third-order valence-corrected chi connectivity index (χ3v) is 5.13. The summed E-state index contributed by atoms with van der Waals surface area (Å²) in [6, 6.07) is 24.0. The monoisotopic (exact) mass is 465 g/mol. The van der Waals surface area contributed by atoms with E-state index in [9.17, 15) is 20.2 Å². The van der Waals surface area contributed by atoms with Gasteiger partial charge in [0.1, 0.15) is 23.1 Å². The van der Waals surface area contributed by atoms with E-state index in [1.807, 2.05) is 36.4 Å². The van der Waals surface area contributed by atoms with Crippen LogP contribution in [0.15, 0.2) is 90.6 Å². The van der Waals surface area contributed by atoms with Gasteiger partial charge in [-0.05, 0) is 42.5 Å². The van der Waals surface area contributed by atoms with E-state index in [0.29, 0.717) is 28.3 Å². The minimum atomic E-state index is -0.612. The SMILES string of the molecule is COc1ccccc1NC(=O)/C(C#N)=C/c1cn(-c2ccccc2)nc1-c1ccc([N+](=O)[O-])cc1. The van der Waals surface area contributed by atoms with Crippen LogP contribution in [0.3, 0.4) is 0 Å². The Labute approximate surface area is 200 Å². The molecule has 4 rings (SSSR count). The lowest BCUT2D eigenvalue weighted by molar-refractivity contribution is -0.384. The zero-order valence-corrected chi connectivity index (χ0v) is 18.6. The number of rotatable bonds is 7. The van der Waals surface area contributed by atoms with Gasteiger partial charge in [0.15, 0.2) is 0 Å². The molecule has 0 atom stereocenters. The van der Waals surface area contributed by atoms with Gasteiger partial charge in [0.2, 0.25) is 0 Å². The van der Waals surface area contributed by atoms with Crippen LogP contribution in [0.4, 0.5) is 11.4 Å². The number of nitro benzene ring substituents is 1. The van der Waals surface area contributed by atoms with E-state index in [1.165, 1.54) is 25.3 Å². The fraction of sp³-hybridized carbons (Fsp3) is 0.0385. The number of nitro groups is 1. The predicted octanol–water partition coefficient (Wildman–Crippen LogP) is 5.00. The minimum absolute atomic E-state index is 0.0535. The van der Waals surface area contributed by atoms with E-state index >= 15 is 0 Å². The zero-order valence-electron chi connectivity index (χ0n) is 18.6. The normalized spacial score (nSPS) is 10.9. The van der Waals surface area contributed by atoms with Gasteiger partial charge in [-0.2, -0.15) is 10.4 Å². The summed E-state index contributed by atoms with van der Waals surface area (Å²) >= 11 is 0. The largest absolute Gasteiger partial charge is 0.495 e. The molecule has 0 bridgehead atoms. The van der Waals surface area contributed by atoms with Gasteiger partial charge in [0.25, 0.3) is 11.6 Å². The molecule has 4 aromatic rings. The molecular formula is C26H19N5O4. The van der Waals surface area contributed by atoms with Crippen molar-refractivity contribution in [2.45, 2.75) is 0 Å². The Hall–Kier alpha value is -5.23. The van der Waals surface area contributed by atoms with Crippen molar-refractivity contribution in [3.8, 4) is 28.8 Å². The van der Waals surface area contributed by atoms with E-state index in [1.54, 1.807) is 47.3 Å². The number of nitriles is 1. The molecule has 1 aromatic heterocycles. The maximum Gasteiger partial charge on any atom is 0.269 e. The number of anilines is 1. The number of nitrogens with one attached hydrogen (secondary N) is 1. The van der Waals surface area contributed by atoms with Gasteiger partial charge in [0.05, 0.1) is 23.4 Å². The van der Waals surface area contributed by atoms with Crippen molar-refractivity contribution < 1.29 is 14.5 Å². The second-order valence-electron chi connectivity index (χ2n) is 7.34. The number of nitrogens with zero attached hydrogens (tertiary/aromatic N) is 4. The molecule has 0 aliphatic rings. The highest BCUT2D eigenvalue weighted by molar-refractivity contribution is 6.10. The second-order valence-corrected chi connectivity index (χ2v) is 7.34. The minimum Gasteiger partial charge on any atom is -0.495 e. The molecule has 0 saturated carbocycles. The number of carbonyl (C=O) groups is 1. The van der Waals surface area contributed by atoms with Gasteiger partial charge in [-0.25, -0.2) is 4.68 Å². The fourth-order valence-corrected chi connectivity index (χ4v) is 3.41. The van der Waals surface area contributed by atoms with Crippen LogP contribution in [0.5, 0.6) is 5.75 Å². The molecule has 1 N–H and O–H groups in total. The quantitative estimate of drug-likeness (QED) is 0.177. The molecule has 35 heavy (non-hydrogen) atoms. The average molecular weight is 465 g/mol. The number of aromatic nitrogens is 2. The number of hydrogen-bond acceptors (Lipinski definition) is 6. The number of amides is 1. The molecule has 0 saturated heterocycles. The summed E-state index contributed by atoms with van der Waals surface area (Å²) in [6.45, 7) is 0. The van der Waals surface area contributed by atoms with Gasteiger partial charge in [-0.15, -0.1) is 0 Å². The van der Waals surface area contributed by atoms with E-state index in [0.717, 1.165) is 5.69 Å².